The second kappa shape index (κ2) is 6.60. The molecule has 1 heterocycles. The predicted molar refractivity (Wildman–Crippen MR) is 86.9 cm³/mol. The van der Waals surface area contributed by atoms with Gasteiger partial charge in [0, 0.05) is 17.1 Å². The van der Waals surface area contributed by atoms with Gasteiger partial charge in [-0.05, 0) is 63.8 Å². The van der Waals surface area contributed by atoms with Crippen LogP contribution in [0.4, 0.5) is 0 Å². The van der Waals surface area contributed by atoms with Crippen molar-refractivity contribution in [2.24, 2.45) is 0 Å². The van der Waals surface area contributed by atoms with Crippen LogP contribution in [-0.2, 0) is 22.2 Å². The maximum atomic E-state index is 11.7. The first-order chi connectivity index (χ1) is 9.91. The summed E-state index contributed by atoms with van der Waals surface area (Å²) in [5, 5.41) is 1.12. The molecule has 0 aliphatic rings. The zero-order chi connectivity index (χ0) is 15.5. The SMILES string of the molecule is CNS(=O)(=O)Cc1ccc2[nH]cc(CCCN(C)C)c2c1. The first-order valence-electron chi connectivity index (χ1n) is 7.06. The summed E-state index contributed by atoms with van der Waals surface area (Å²) in [5.74, 6) is 0.0156. The van der Waals surface area contributed by atoms with Gasteiger partial charge in [-0.2, -0.15) is 0 Å². The summed E-state index contributed by atoms with van der Waals surface area (Å²) < 4.78 is 25.7. The van der Waals surface area contributed by atoms with Crippen molar-refractivity contribution in [3.05, 3.63) is 35.5 Å². The van der Waals surface area contributed by atoms with Gasteiger partial charge in [0.25, 0.3) is 0 Å². The topological polar surface area (TPSA) is 65.2 Å². The Hall–Kier alpha value is -1.37. The van der Waals surface area contributed by atoms with Crippen LogP contribution in [-0.4, -0.2) is 46.0 Å². The molecular weight excluding hydrogens is 286 g/mol. The molecule has 0 aliphatic carbocycles. The van der Waals surface area contributed by atoms with E-state index in [0.717, 1.165) is 35.9 Å². The maximum Gasteiger partial charge on any atom is 0.215 e. The molecule has 0 bridgehead atoms. The molecule has 0 amide bonds. The van der Waals surface area contributed by atoms with E-state index in [9.17, 15) is 8.42 Å². The molecule has 0 saturated heterocycles. The van der Waals surface area contributed by atoms with Crippen molar-refractivity contribution in [1.29, 1.82) is 0 Å². The normalized spacial score (nSPS) is 12.4. The quantitative estimate of drug-likeness (QED) is 0.818. The number of rotatable bonds is 7. The minimum Gasteiger partial charge on any atom is -0.361 e. The molecule has 1 aromatic heterocycles. The zero-order valence-corrected chi connectivity index (χ0v) is 13.6. The number of aromatic nitrogens is 1. The maximum absolute atomic E-state index is 11.7. The van der Waals surface area contributed by atoms with E-state index in [2.05, 4.69) is 28.7 Å². The van der Waals surface area contributed by atoms with Crippen LogP contribution in [0.3, 0.4) is 0 Å². The Balaban J connectivity index is 2.20. The second-order valence-corrected chi connectivity index (χ2v) is 7.49. The molecule has 116 valence electrons. The average molecular weight is 309 g/mol. The molecule has 1 aromatic carbocycles. The van der Waals surface area contributed by atoms with Crippen molar-refractivity contribution in [3.8, 4) is 0 Å². The fraction of sp³-hybridized carbons (Fsp3) is 0.467. The summed E-state index contributed by atoms with van der Waals surface area (Å²) in [4.78, 5) is 5.42. The van der Waals surface area contributed by atoms with Gasteiger partial charge in [0.05, 0.1) is 5.75 Å². The number of hydrogen-bond acceptors (Lipinski definition) is 3. The Bertz CT molecular complexity index is 705. The van der Waals surface area contributed by atoms with Gasteiger partial charge in [-0.15, -0.1) is 0 Å². The smallest absolute Gasteiger partial charge is 0.215 e. The van der Waals surface area contributed by atoms with E-state index < -0.39 is 10.0 Å². The monoisotopic (exact) mass is 309 g/mol. The van der Waals surface area contributed by atoms with Gasteiger partial charge in [0.1, 0.15) is 0 Å². The second-order valence-electron chi connectivity index (χ2n) is 5.56. The number of nitrogens with zero attached hydrogens (tertiary/aromatic N) is 1. The summed E-state index contributed by atoms with van der Waals surface area (Å²) >= 11 is 0. The van der Waals surface area contributed by atoms with Crippen LogP contribution < -0.4 is 4.72 Å². The standard InChI is InChI=1S/C15H23N3O2S/c1-16-21(19,20)11-12-6-7-15-14(9-12)13(10-17-15)5-4-8-18(2)3/h6-7,9-10,16-17H,4-5,8,11H2,1-3H3. The molecular formula is C15H23N3O2S. The van der Waals surface area contributed by atoms with Crippen LogP contribution >= 0.6 is 0 Å². The molecule has 0 saturated carbocycles. The molecule has 0 atom stereocenters. The highest BCUT2D eigenvalue weighted by molar-refractivity contribution is 7.88. The van der Waals surface area contributed by atoms with Crippen molar-refractivity contribution < 1.29 is 8.42 Å². The lowest BCUT2D eigenvalue weighted by molar-refractivity contribution is 0.400. The Kier molecular flexibility index (Phi) is 5.03. The van der Waals surface area contributed by atoms with Crippen molar-refractivity contribution in [2.45, 2.75) is 18.6 Å². The van der Waals surface area contributed by atoms with Gasteiger partial charge >= 0.3 is 0 Å². The largest absolute Gasteiger partial charge is 0.361 e. The number of hydrogen-bond donors (Lipinski definition) is 2. The number of fused-ring (bicyclic) bond motifs is 1. The third-order valence-corrected chi connectivity index (χ3v) is 4.89. The van der Waals surface area contributed by atoms with Gasteiger partial charge in [-0.3, -0.25) is 0 Å². The van der Waals surface area contributed by atoms with Crippen LogP contribution in [0.1, 0.15) is 17.5 Å². The molecule has 2 N–H and O–H groups in total. The lowest BCUT2D eigenvalue weighted by Crippen LogP contribution is -2.20. The Morgan fingerprint density at radius 3 is 2.71 bits per heavy atom. The zero-order valence-electron chi connectivity index (χ0n) is 12.8. The van der Waals surface area contributed by atoms with Gasteiger partial charge in [-0.1, -0.05) is 6.07 Å². The molecule has 0 radical (unpaired) electrons. The fourth-order valence-electron chi connectivity index (χ4n) is 2.40. The van der Waals surface area contributed by atoms with Crippen molar-refractivity contribution in [1.82, 2.24) is 14.6 Å². The highest BCUT2D eigenvalue weighted by Gasteiger charge is 2.11. The lowest BCUT2D eigenvalue weighted by Gasteiger charge is -2.08. The first-order valence-corrected chi connectivity index (χ1v) is 8.71. The van der Waals surface area contributed by atoms with Gasteiger partial charge < -0.3 is 9.88 Å². The Labute approximate surface area is 126 Å². The van der Waals surface area contributed by atoms with Gasteiger partial charge in [0.2, 0.25) is 10.0 Å². The molecule has 2 rings (SSSR count). The molecule has 0 aliphatic heterocycles. The summed E-state index contributed by atoms with van der Waals surface area (Å²) in [6, 6.07) is 5.79. The number of sulfonamides is 1. The summed E-state index contributed by atoms with van der Waals surface area (Å²) in [6.45, 7) is 1.04. The Morgan fingerprint density at radius 1 is 1.29 bits per heavy atom. The molecule has 5 nitrogen and oxygen atoms in total. The third kappa shape index (κ3) is 4.30. The predicted octanol–water partition coefficient (Wildman–Crippen LogP) is 1.71. The highest BCUT2D eigenvalue weighted by atomic mass is 32.2. The van der Waals surface area contributed by atoms with E-state index in [4.69, 9.17) is 0 Å². The highest BCUT2D eigenvalue weighted by Crippen LogP contribution is 2.22. The molecule has 2 aromatic rings. The molecule has 0 unspecified atom stereocenters. The van der Waals surface area contributed by atoms with Crippen LogP contribution in [0.5, 0.6) is 0 Å². The van der Waals surface area contributed by atoms with Gasteiger partial charge in [-0.25, -0.2) is 13.1 Å². The fourth-order valence-corrected chi connectivity index (χ4v) is 3.16. The molecule has 21 heavy (non-hydrogen) atoms. The van der Waals surface area contributed by atoms with Crippen LogP contribution in [0, 0.1) is 0 Å². The minimum atomic E-state index is -3.23. The lowest BCUT2D eigenvalue weighted by atomic mass is 10.1. The molecule has 6 heteroatoms. The van der Waals surface area contributed by atoms with E-state index in [1.807, 2.05) is 24.4 Å². The summed E-state index contributed by atoms with van der Waals surface area (Å²) in [7, 11) is 2.34. The minimum absolute atomic E-state index is 0.0156. The summed E-state index contributed by atoms with van der Waals surface area (Å²) in [5.41, 5.74) is 3.11. The number of H-pyrrole nitrogens is 1. The van der Waals surface area contributed by atoms with Crippen LogP contribution in [0.25, 0.3) is 10.9 Å². The van der Waals surface area contributed by atoms with Crippen molar-refractivity contribution in [3.63, 3.8) is 0 Å². The number of aromatic amines is 1. The number of nitrogens with one attached hydrogen (secondary N) is 2. The van der Waals surface area contributed by atoms with Crippen molar-refractivity contribution in [2.75, 3.05) is 27.7 Å². The van der Waals surface area contributed by atoms with E-state index in [-0.39, 0.29) is 5.75 Å². The number of aryl methyl sites for hydroxylation is 1. The van der Waals surface area contributed by atoms with Gasteiger partial charge in [0.15, 0.2) is 0 Å². The van der Waals surface area contributed by atoms with Crippen LogP contribution in [0.15, 0.2) is 24.4 Å². The van der Waals surface area contributed by atoms with Crippen LogP contribution in [0.2, 0.25) is 0 Å². The van der Waals surface area contributed by atoms with E-state index in [1.54, 1.807) is 0 Å². The number of benzene rings is 1. The third-order valence-electron chi connectivity index (χ3n) is 3.55. The first kappa shape index (κ1) is 16.0. The molecule has 0 spiro atoms. The van der Waals surface area contributed by atoms with E-state index in [1.165, 1.54) is 12.6 Å². The van der Waals surface area contributed by atoms with E-state index >= 15 is 0 Å². The summed E-state index contributed by atoms with van der Waals surface area (Å²) in [6.07, 6.45) is 4.09. The van der Waals surface area contributed by atoms with Crippen molar-refractivity contribution >= 4 is 20.9 Å². The Morgan fingerprint density at radius 2 is 2.05 bits per heavy atom. The molecule has 0 fully saturated rings. The van der Waals surface area contributed by atoms with E-state index in [0.29, 0.717) is 0 Å². The average Bonchev–Trinajstić information content (AvgIpc) is 2.81.